The molecule has 0 aromatic heterocycles. The Hall–Kier alpha value is -0.890. The Labute approximate surface area is 97.1 Å². The first-order chi connectivity index (χ1) is 7.29. The summed E-state index contributed by atoms with van der Waals surface area (Å²) in [5.74, 6) is 0. The number of para-hydroxylation sites is 1. The molecule has 0 spiro atoms. The molecule has 0 saturated heterocycles. The number of anilines is 1. The molecule has 1 nitrogen and oxygen atoms in total. The zero-order chi connectivity index (χ0) is 10.7. The first kappa shape index (κ1) is 10.6. The Kier molecular flexibility index (Phi) is 3.37. The van der Waals surface area contributed by atoms with Gasteiger partial charge >= 0.3 is 0 Å². The lowest BCUT2D eigenvalue weighted by atomic mass is 10.2. The molecule has 1 aliphatic rings. The van der Waals surface area contributed by atoms with Crippen LogP contribution in [0.3, 0.4) is 0 Å². The van der Waals surface area contributed by atoms with E-state index in [0.717, 1.165) is 4.99 Å². The Morgan fingerprint density at radius 1 is 1.20 bits per heavy atom. The van der Waals surface area contributed by atoms with Gasteiger partial charge in [-0.2, -0.15) is 0 Å². The predicted octanol–water partition coefficient (Wildman–Crippen LogP) is 3.78. The second-order valence-corrected chi connectivity index (χ2v) is 4.75. The maximum absolute atomic E-state index is 5.36. The van der Waals surface area contributed by atoms with E-state index in [0.29, 0.717) is 6.04 Å². The lowest BCUT2D eigenvalue weighted by Gasteiger charge is -2.30. The van der Waals surface area contributed by atoms with Gasteiger partial charge < -0.3 is 4.90 Å². The summed E-state index contributed by atoms with van der Waals surface area (Å²) in [5.41, 5.74) is 1.25. The number of nitrogens with zero attached hydrogens (tertiary/aromatic N) is 1. The van der Waals surface area contributed by atoms with Gasteiger partial charge in [-0.3, -0.25) is 0 Å². The summed E-state index contributed by atoms with van der Waals surface area (Å²) < 4.78 is 0. The molecule has 0 aliphatic heterocycles. The van der Waals surface area contributed by atoms with E-state index >= 15 is 0 Å². The maximum atomic E-state index is 5.36. The quantitative estimate of drug-likeness (QED) is 0.696. The number of rotatable bonds is 2. The number of hydrogen-bond acceptors (Lipinski definition) is 1. The molecular formula is C13H17NS. The van der Waals surface area contributed by atoms with Crippen molar-refractivity contribution in [1.82, 2.24) is 0 Å². The zero-order valence-corrected chi connectivity index (χ0v) is 9.96. The molecule has 1 aliphatic carbocycles. The summed E-state index contributed by atoms with van der Waals surface area (Å²) >= 11 is 5.36. The third kappa shape index (κ3) is 2.37. The number of thiocarbonyl (C=S) groups is 1. The van der Waals surface area contributed by atoms with Crippen molar-refractivity contribution in [1.29, 1.82) is 0 Å². The molecule has 0 N–H and O–H groups in total. The Balaban J connectivity index is 2.23. The summed E-state index contributed by atoms with van der Waals surface area (Å²) in [6, 6.07) is 11.1. The van der Waals surface area contributed by atoms with Gasteiger partial charge in [0.25, 0.3) is 0 Å². The molecule has 0 heterocycles. The summed E-state index contributed by atoms with van der Waals surface area (Å²) in [7, 11) is 0. The van der Waals surface area contributed by atoms with Gasteiger partial charge in [0.15, 0.2) is 0 Å². The lowest BCUT2D eigenvalue weighted by Crippen LogP contribution is -2.36. The topological polar surface area (TPSA) is 3.24 Å². The highest BCUT2D eigenvalue weighted by atomic mass is 32.1. The molecule has 0 bridgehead atoms. The van der Waals surface area contributed by atoms with E-state index in [1.807, 2.05) is 6.92 Å². The van der Waals surface area contributed by atoms with E-state index in [9.17, 15) is 0 Å². The monoisotopic (exact) mass is 219 g/mol. The Morgan fingerprint density at radius 3 is 2.33 bits per heavy atom. The van der Waals surface area contributed by atoms with Gasteiger partial charge in [-0.15, -0.1) is 0 Å². The molecule has 1 fully saturated rings. The van der Waals surface area contributed by atoms with Crippen molar-refractivity contribution in [3.63, 3.8) is 0 Å². The van der Waals surface area contributed by atoms with Crippen LogP contribution in [0.4, 0.5) is 5.69 Å². The van der Waals surface area contributed by atoms with Crippen molar-refractivity contribution in [3.8, 4) is 0 Å². The maximum Gasteiger partial charge on any atom is 0.0794 e. The fraction of sp³-hybridized carbons (Fsp3) is 0.462. The molecule has 1 aromatic carbocycles. The van der Waals surface area contributed by atoms with Crippen LogP contribution in [0.15, 0.2) is 30.3 Å². The first-order valence-electron chi connectivity index (χ1n) is 5.64. The normalized spacial score (nSPS) is 16.6. The molecule has 15 heavy (non-hydrogen) atoms. The second-order valence-electron chi connectivity index (χ2n) is 4.16. The third-order valence-corrected chi connectivity index (χ3v) is 3.26. The standard InChI is InChI=1S/C13H17NS/c1-11(15)14(13-9-5-6-10-13)12-7-3-2-4-8-12/h2-4,7-8,13H,5-6,9-10H2,1H3. The fourth-order valence-corrected chi connectivity index (χ4v) is 2.66. The predicted molar refractivity (Wildman–Crippen MR) is 69.4 cm³/mol. The van der Waals surface area contributed by atoms with Crippen molar-refractivity contribution < 1.29 is 0 Å². The third-order valence-electron chi connectivity index (χ3n) is 3.06. The largest absolute Gasteiger partial charge is 0.333 e. The molecular weight excluding hydrogens is 202 g/mol. The minimum Gasteiger partial charge on any atom is -0.333 e. The second kappa shape index (κ2) is 4.75. The molecule has 80 valence electrons. The van der Waals surface area contributed by atoms with Gasteiger partial charge in [-0.05, 0) is 31.9 Å². The van der Waals surface area contributed by atoms with Gasteiger partial charge in [-0.25, -0.2) is 0 Å². The van der Waals surface area contributed by atoms with Crippen LogP contribution in [0.1, 0.15) is 32.6 Å². The average molecular weight is 219 g/mol. The van der Waals surface area contributed by atoms with Gasteiger partial charge in [0.1, 0.15) is 0 Å². The molecule has 1 saturated carbocycles. The molecule has 0 amide bonds. The minimum absolute atomic E-state index is 0.630. The minimum atomic E-state index is 0.630. The van der Waals surface area contributed by atoms with Crippen molar-refractivity contribution >= 4 is 22.9 Å². The van der Waals surface area contributed by atoms with Gasteiger partial charge in [0.2, 0.25) is 0 Å². The van der Waals surface area contributed by atoms with Gasteiger partial charge in [0.05, 0.1) is 4.99 Å². The molecule has 1 aromatic rings. The van der Waals surface area contributed by atoms with Crippen LogP contribution >= 0.6 is 12.2 Å². The molecule has 0 radical (unpaired) electrons. The summed E-state index contributed by atoms with van der Waals surface area (Å²) in [4.78, 5) is 3.32. The zero-order valence-electron chi connectivity index (χ0n) is 9.15. The highest BCUT2D eigenvalue weighted by Gasteiger charge is 2.23. The molecule has 2 heteroatoms. The van der Waals surface area contributed by atoms with Crippen LogP contribution in [0, 0.1) is 0 Å². The summed E-state index contributed by atoms with van der Waals surface area (Å²) in [5, 5.41) is 0. The van der Waals surface area contributed by atoms with Crippen molar-refractivity contribution in [2.75, 3.05) is 4.90 Å². The first-order valence-corrected chi connectivity index (χ1v) is 6.04. The summed E-state index contributed by atoms with van der Waals surface area (Å²) in [6.45, 7) is 2.03. The van der Waals surface area contributed by atoms with E-state index in [-0.39, 0.29) is 0 Å². The van der Waals surface area contributed by atoms with Crippen LogP contribution in [0.25, 0.3) is 0 Å². The number of benzene rings is 1. The Morgan fingerprint density at radius 2 is 1.80 bits per heavy atom. The number of hydrogen-bond donors (Lipinski definition) is 0. The van der Waals surface area contributed by atoms with E-state index < -0.39 is 0 Å². The van der Waals surface area contributed by atoms with Crippen LogP contribution in [0.2, 0.25) is 0 Å². The van der Waals surface area contributed by atoms with Crippen LogP contribution < -0.4 is 4.90 Å². The van der Waals surface area contributed by atoms with Crippen molar-refractivity contribution in [2.45, 2.75) is 38.6 Å². The van der Waals surface area contributed by atoms with E-state index in [4.69, 9.17) is 12.2 Å². The van der Waals surface area contributed by atoms with Crippen LogP contribution in [-0.4, -0.2) is 11.0 Å². The van der Waals surface area contributed by atoms with Crippen LogP contribution in [0.5, 0.6) is 0 Å². The Bertz CT molecular complexity index is 328. The smallest absolute Gasteiger partial charge is 0.0794 e. The summed E-state index contributed by atoms with van der Waals surface area (Å²) in [6.07, 6.45) is 5.25. The van der Waals surface area contributed by atoms with Crippen LogP contribution in [-0.2, 0) is 0 Å². The molecule has 2 rings (SSSR count). The SMILES string of the molecule is CC(=S)N(c1ccccc1)C1CCCC1. The van der Waals surface area contributed by atoms with Gasteiger partial charge in [-0.1, -0.05) is 43.3 Å². The molecule has 0 atom stereocenters. The average Bonchev–Trinajstić information content (AvgIpc) is 2.72. The highest BCUT2D eigenvalue weighted by Crippen LogP contribution is 2.28. The van der Waals surface area contributed by atoms with E-state index in [1.165, 1.54) is 31.4 Å². The van der Waals surface area contributed by atoms with Crippen molar-refractivity contribution in [2.24, 2.45) is 0 Å². The molecule has 0 unspecified atom stereocenters. The van der Waals surface area contributed by atoms with E-state index in [1.54, 1.807) is 0 Å². The lowest BCUT2D eigenvalue weighted by molar-refractivity contribution is 0.692. The van der Waals surface area contributed by atoms with E-state index in [2.05, 4.69) is 35.2 Å². The highest BCUT2D eigenvalue weighted by molar-refractivity contribution is 7.80. The van der Waals surface area contributed by atoms with Gasteiger partial charge in [0, 0.05) is 11.7 Å². The fourth-order valence-electron chi connectivity index (χ4n) is 2.40. The van der Waals surface area contributed by atoms with Crippen molar-refractivity contribution in [3.05, 3.63) is 30.3 Å².